The fourth-order valence-electron chi connectivity index (χ4n) is 2.32. The van der Waals surface area contributed by atoms with Gasteiger partial charge in [-0.15, -0.1) is 0 Å². The maximum atomic E-state index is 13.0. The molecule has 9 heteroatoms. The zero-order valence-electron chi connectivity index (χ0n) is 15.5. The average molecular weight is 412 g/mol. The molecule has 0 radical (unpaired) electrons. The molecule has 0 saturated carbocycles. The van der Waals surface area contributed by atoms with Crippen molar-refractivity contribution < 1.29 is 22.7 Å². The Kier molecular flexibility index (Phi) is 7.06. The normalized spacial score (nSPS) is 11.8. The fourth-order valence-corrected chi connectivity index (χ4v) is 3.10. The van der Waals surface area contributed by atoms with Gasteiger partial charge >= 0.3 is 6.18 Å². The Morgan fingerprint density at radius 3 is 2.46 bits per heavy atom. The van der Waals surface area contributed by atoms with Gasteiger partial charge in [-0.3, -0.25) is 14.2 Å². The zero-order chi connectivity index (χ0) is 20.9. The number of rotatable bonds is 7. The van der Waals surface area contributed by atoms with Crippen LogP contribution in [0.4, 0.5) is 13.2 Å². The maximum absolute atomic E-state index is 13.0. The van der Waals surface area contributed by atoms with E-state index in [-0.39, 0.29) is 22.7 Å². The Morgan fingerprint density at radius 2 is 1.93 bits per heavy atom. The van der Waals surface area contributed by atoms with E-state index in [4.69, 9.17) is 4.74 Å². The van der Waals surface area contributed by atoms with E-state index in [0.29, 0.717) is 22.3 Å². The van der Waals surface area contributed by atoms with Crippen molar-refractivity contribution in [2.24, 2.45) is 0 Å². The number of carbonyl (C=O) groups excluding carboxylic acids is 1. The molecule has 1 aromatic carbocycles. The summed E-state index contributed by atoms with van der Waals surface area (Å²) < 4.78 is 42.9. The third kappa shape index (κ3) is 5.72. The number of alkyl halides is 3. The lowest BCUT2D eigenvalue weighted by Crippen LogP contribution is -2.25. The molecule has 0 aliphatic rings. The van der Waals surface area contributed by atoms with E-state index in [1.807, 2.05) is 6.92 Å². The molecule has 0 saturated heterocycles. The highest BCUT2D eigenvalue weighted by molar-refractivity contribution is 7.99. The average Bonchev–Trinajstić information content (AvgIpc) is 2.60. The number of benzene rings is 1. The van der Waals surface area contributed by atoms with Crippen molar-refractivity contribution in [2.45, 2.75) is 32.1 Å². The van der Waals surface area contributed by atoms with Crippen molar-refractivity contribution in [3.05, 3.63) is 52.0 Å². The molecule has 150 valence electrons. The number of nitrogens with zero attached hydrogens (tertiary/aromatic N) is 2. The summed E-state index contributed by atoms with van der Waals surface area (Å²) in [5.74, 6) is 0.500. The third-order valence-electron chi connectivity index (χ3n) is 3.53. The summed E-state index contributed by atoms with van der Waals surface area (Å²) in [5.41, 5.74) is 0.822. The van der Waals surface area contributed by atoms with Gasteiger partial charge in [-0.05, 0) is 56.0 Å². The lowest BCUT2D eigenvalue weighted by Gasteiger charge is -2.15. The number of aromatic nitrogens is 2. The van der Waals surface area contributed by atoms with Gasteiger partial charge in [-0.25, -0.2) is 4.98 Å². The summed E-state index contributed by atoms with van der Waals surface area (Å²) in [6, 6.07) is 5.70. The summed E-state index contributed by atoms with van der Waals surface area (Å²) in [5, 5.41) is 0.453. The lowest BCUT2D eigenvalue weighted by atomic mass is 10.2. The first-order chi connectivity index (χ1) is 13.1. The first kappa shape index (κ1) is 21.7. The molecule has 0 bridgehead atoms. The molecule has 0 aliphatic heterocycles. The Labute approximate surface area is 164 Å². The van der Waals surface area contributed by atoms with Crippen LogP contribution in [-0.2, 0) is 4.79 Å². The fraction of sp³-hybridized carbons (Fsp3) is 0.316. The van der Waals surface area contributed by atoms with Gasteiger partial charge < -0.3 is 4.74 Å². The van der Waals surface area contributed by atoms with Gasteiger partial charge in [0.05, 0.1) is 16.9 Å². The van der Waals surface area contributed by atoms with E-state index in [0.717, 1.165) is 0 Å². The number of hydrogen-bond donors (Lipinski definition) is 0. The first-order valence-electron chi connectivity index (χ1n) is 8.37. The largest absolute Gasteiger partial charge is 0.484 e. The van der Waals surface area contributed by atoms with E-state index in [1.165, 1.54) is 59.7 Å². The molecule has 0 fully saturated rings. The number of allylic oxidation sites excluding steroid dienone is 1. The molecule has 1 aromatic heterocycles. The van der Waals surface area contributed by atoms with Crippen molar-refractivity contribution in [3.8, 4) is 11.4 Å². The second-order valence-corrected chi connectivity index (χ2v) is 7.04. The Balaban J connectivity index is 2.49. The van der Waals surface area contributed by atoms with E-state index < -0.39 is 12.8 Å². The van der Waals surface area contributed by atoms with Gasteiger partial charge in [0.1, 0.15) is 5.75 Å². The minimum absolute atomic E-state index is 0.0376. The van der Waals surface area contributed by atoms with Crippen LogP contribution in [0.3, 0.4) is 0 Å². The van der Waals surface area contributed by atoms with Gasteiger partial charge in [-0.1, -0.05) is 18.7 Å². The van der Waals surface area contributed by atoms with Gasteiger partial charge in [0.2, 0.25) is 0 Å². The van der Waals surface area contributed by atoms with Crippen LogP contribution >= 0.6 is 11.8 Å². The molecule has 1 heterocycles. The molecule has 0 atom stereocenters. The van der Waals surface area contributed by atoms with Crippen LogP contribution in [0.1, 0.15) is 25.1 Å². The molecule has 0 aliphatic carbocycles. The number of carbonyl (C=O) groups is 1. The topological polar surface area (TPSA) is 61.2 Å². The molecule has 28 heavy (non-hydrogen) atoms. The molecule has 2 rings (SSSR count). The maximum Gasteiger partial charge on any atom is 0.422 e. The number of aryl methyl sites for hydroxylation is 1. The molecule has 0 amide bonds. The standard InChI is InChI=1S/C19H19F3N2O3S/c1-4-28-18-23-13(3)16(10-5-12(2)25)17(26)24(18)14-6-8-15(9-7-14)27-11-19(20,21)22/h5-10H,4,11H2,1-3H3/b10-5-. The second kappa shape index (κ2) is 9.09. The highest BCUT2D eigenvalue weighted by Crippen LogP contribution is 2.23. The van der Waals surface area contributed by atoms with Crippen LogP contribution in [0, 0.1) is 6.92 Å². The highest BCUT2D eigenvalue weighted by atomic mass is 32.2. The van der Waals surface area contributed by atoms with Crippen molar-refractivity contribution in [3.63, 3.8) is 0 Å². The van der Waals surface area contributed by atoms with Gasteiger partial charge in [0, 0.05) is 0 Å². The summed E-state index contributed by atoms with van der Waals surface area (Å²) in [4.78, 5) is 28.7. The van der Waals surface area contributed by atoms with E-state index in [9.17, 15) is 22.8 Å². The summed E-state index contributed by atoms with van der Waals surface area (Å²) in [6.07, 6.45) is -1.72. The van der Waals surface area contributed by atoms with Crippen LogP contribution < -0.4 is 10.3 Å². The number of ketones is 1. The third-order valence-corrected chi connectivity index (χ3v) is 4.35. The Hall–Kier alpha value is -2.55. The van der Waals surface area contributed by atoms with E-state index in [1.54, 1.807) is 6.92 Å². The number of ether oxygens (including phenoxy) is 1. The van der Waals surface area contributed by atoms with Crippen molar-refractivity contribution in [1.29, 1.82) is 0 Å². The number of halogens is 3. The Bertz CT molecular complexity index is 935. The van der Waals surface area contributed by atoms with Crippen molar-refractivity contribution >= 4 is 23.6 Å². The highest BCUT2D eigenvalue weighted by Gasteiger charge is 2.28. The van der Waals surface area contributed by atoms with Crippen LogP contribution in [0.15, 0.2) is 40.3 Å². The van der Waals surface area contributed by atoms with Gasteiger partial charge in [0.25, 0.3) is 5.56 Å². The molecule has 0 N–H and O–H groups in total. The minimum Gasteiger partial charge on any atom is -0.484 e. The van der Waals surface area contributed by atoms with Gasteiger partial charge in [0.15, 0.2) is 17.5 Å². The predicted octanol–water partition coefficient (Wildman–Crippen LogP) is 4.20. The van der Waals surface area contributed by atoms with Crippen molar-refractivity contribution in [1.82, 2.24) is 9.55 Å². The summed E-state index contributed by atoms with van der Waals surface area (Å²) >= 11 is 1.36. The minimum atomic E-state index is -4.43. The summed E-state index contributed by atoms with van der Waals surface area (Å²) in [6.45, 7) is 3.57. The van der Waals surface area contributed by atoms with Crippen LogP contribution in [-0.4, -0.2) is 33.9 Å². The number of thioether (sulfide) groups is 1. The summed E-state index contributed by atoms with van der Waals surface area (Å²) in [7, 11) is 0. The van der Waals surface area contributed by atoms with Crippen LogP contribution in [0.25, 0.3) is 11.8 Å². The molecule has 0 spiro atoms. The molecular formula is C19H19F3N2O3S. The monoisotopic (exact) mass is 412 g/mol. The quantitative estimate of drug-likeness (QED) is 0.388. The smallest absolute Gasteiger partial charge is 0.422 e. The van der Waals surface area contributed by atoms with Crippen LogP contribution in [0.5, 0.6) is 5.75 Å². The second-order valence-electron chi connectivity index (χ2n) is 5.81. The molecular weight excluding hydrogens is 393 g/mol. The first-order valence-corrected chi connectivity index (χ1v) is 9.36. The van der Waals surface area contributed by atoms with E-state index in [2.05, 4.69) is 4.98 Å². The molecule has 5 nitrogen and oxygen atoms in total. The zero-order valence-corrected chi connectivity index (χ0v) is 16.4. The van der Waals surface area contributed by atoms with Gasteiger partial charge in [-0.2, -0.15) is 13.2 Å². The van der Waals surface area contributed by atoms with E-state index >= 15 is 0 Å². The predicted molar refractivity (Wildman–Crippen MR) is 102 cm³/mol. The molecule has 2 aromatic rings. The van der Waals surface area contributed by atoms with Crippen molar-refractivity contribution in [2.75, 3.05) is 12.4 Å². The number of hydrogen-bond acceptors (Lipinski definition) is 5. The molecule has 0 unspecified atom stereocenters. The SMILES string of the molecule is CCSc1nc(C)c(/C=C\C(C)=O)c(=O)n1-c1ccc(OCC(F)(F)F)cc1. The van der Waals surface area contributed by atoms with Crippen LogP contribution in [0.2, 0.25) is 0 Å². The Morgan fingerprint density at radius 1 is 1.29 bits per heavy atom. The lowest BCUT2D eigenvalue weighted by molar-refractivity contribution is -0.153.